The van der Waals surface area contributed by atoms with Gasteiger partial charge in [0.15, 0.2) is 0 Å². The van der Waals surface area contributed by atoms with Gasteiger partial charge >= 0.3 is 10.2 Å². The summed E-state index contributed by atoms with van der Waals surface area (Å²) in [6.07, 6.45) is 1.57. The molecule has 0 radical (unpaired) electrons. The third-order valence-corrected chi connectivity index (χ3v) is 3.46. The highest BCUT2D eigenvalue weighted by atomic mass is 32.2. The molecule has 72 valence electrons. The van der Waals surface area contributed by atoms with Gasteiger partial charge in [0, 0.05) is 19.7 Å². The molecule has 2 rings (SSSR count). The third-order valence-electron chi connectivity index (χ3n) is 1.94. The van der Waals surface area contributed by atoms with Crippen LogP contribution in [0.25, 0.3) is 0 Å². The number of rotatable bonds is 1. The van der Waals surface area contributed by atoms with Gasteiger partial charge in [-0.05, 0) is 0 Å². The Morgan fingerprint density at radius 1 is 1.62 bits per heavy atom. The Labute approximate surface area is 76.3 Å². The zero-order chi connectivity index (χ0) is 9.47. The fourth-order valence-corrected chi connectivity index (χ4v) is 2.59. The molecular formula is C6H10N4O2S. The zero-order valence-corrected chi connectivity index (χ0v) is 7.95. The minimum Gasteiger partial charge on any atom is -0.252 e. The molecule has 1 N–H and O–H groups in total. The van der Waals surface area contributed by atoms with E-state index < -0.39 is 10.2 Å². The molecule has 1 aliphatic rings. The number of hydrogen-bond donors (Lipinski definition) is 1. The number of aromatic nitrogens is 2. The lowest BCUT2D eigenvalue weighted by molar-refractivity contribution is 0.590. The summed E-state index contributed by atoms with van der Waals surface area (Å²) in [5.74, 6) is 0.588. The summed E-state index contributed by atoms with van der Waals surface area (Å²) < 4.78 is 28.0. The normalized spacial score (nSPS) is 20.8. The number of nitrogens with one attached hydrogen (secondary N) is 1. The van der Waals surface area contributed by atoms with Crippen LogP contribution in [0.4, 0.5) is 5.82 Å². The molecular weight excluding hydrogens is 192 g/mol. The molecule has 6 nitrogen and oxygen atoms in total. The van der Waals surface area contributed by atoms with E-state index in [1.165, 1.54) is 8.99 Å². The van der Waals surface area contributed by atoms with Crippen molar-refractivity contribution in [3.8, 4) is 0 Å². The van der Waals surface area contributed by atoms with Gasteiger partial charge in [0.2, 0.25) is 0 Å². The maximum absolute atomic E-state index is 11.4. The van der Waals surface area contributed by atoms with E-state index in [4.69, 9.17) is 0 Å². The molecule has 1 aromatic heterocycles. The second-order valence-electron chi connectivity index (χ2n) is 2.78. The van der Waals surface area contributed by atoms with Crippen molar-refractivity contribution in [1.29, 1.82) is 0 Å². The molecule has 0 saturated carbocycles. The third kappa shape index (κ3) is 1.29. The quantitative estimate of drug-likeness (QED) is 0.640. The first-order valence-corrected chi connectivity index (χ1v) is 5.30. The number of anilines is 1. The molecule has 13 heavy (non-hydrogen) atoms. The molecule has 0 amide bonds. The number of nitrogens with zero attached hydrogens (tertiary/aromatic N) is 3. The van der Waals surface area contributed by atoms with Crippen LogP contribution in [0.3, 0.4) is 0 Å². The monoisotopic (exact) mass is 202 g/mol. The average molecular weight is 202 g/mol. The summed E-state index contributed by atoms with van der Waals surface area (Å²) in [7, 11) is -1.60. The van der Waals surface area contributed by atoms with Crippen molar-refractivity contribution in [2.75, 3.05) is 17.4 Å². The van der Waals surface area contributed by atoms with Crippen molar-refractivity contribution in [2.45, 2.75) is 0 Å². The lowest BCUT2D eigenvalue weighted by Crippen LogP contribution is -2.30. The topological polar surface area (TPSA) is 67.2 Å². The number of aryl methyl sites for hydroxylation is 1. The first-order chi connectivity index (χ1) is 6.11. The lowest BCUT2D eigenvalue weighted by Gasteiger charge is -2.14. The molecule has 1 fully saturated rings. The van der Waals surface area contributed by atoms with Gasteiger partial charge in [-0.2, -0.15) is 18.2 Å². The predicted molar refractivity (Wildman–Crippen MR) is 47.5 cm³/mol. The van der Waals surface area contributed by atoms with Gasteiger partial charge in [-0.3, -0.25) is 4.68 Å². The van der Waals surface area contributed by atoms with Gasteiger partial charge in [-0.15, -0.1) is 0 Å². The average Bonchev–Trinajstić information content (AvgIpc) is 2.56. The SMILES string of the molecule is Cn1nccc1N1CCNS1(=O)=O. The molecule has 0 atom stereocenters. The van der Waals surface area contributed by atoms with Crippen LogP contribution in [0.1, 0.15) is 0 Å². The highest BCUT2D eigenvalue weighted by molar-refractivity contribution is 7.91. The zero-order valence-electron chi connectivity index (χ0n) is 7.14. The van der Waals surface area contributed by atoms with Crippen LogP contribution >= 0.6 is 0 Å². The minimum absolute atomic E-state index is 0.452. The number of hydrogen-bond acceptors (Lipinski definition) is 3. The largest absolute Gasteiger partial charge is 0.302 e. The van der Waals surface area contributed by atoms with Crippen molar-refractivity contribution in [3.05, 3.63) is 12.3 Å². The van der Waals surface area contributed by atoms with E-state index in [9.17, 15) is 8.42 Å². The van der Waals surface area contributed by atoms with Crippen LogP contribution in [0.2, 0.25) is 0 Å². The van der Waals surface area contributed by atoms with Crippen LogP contribution in [-0.2, 0) is 17.3 Å². The van der Waals surface area contributed by atoms with Gasteiger partial charge in [0.1, 0.15) is 5.82 Å². The Morgan fingerprint density at radius 2 is 2.38 bits per heavy atom. The maximum atomic E-state index is 11.4. The maximum Gasteiger partial charge on any atom is 0.302 e. The van der Waals surface area contributed by atoms with Crippen molar-refractivity contribution >= 4 is 16.0 Å². The van der Waals surface area contributed by atoms with Crippen molar-refractivity contribution in [1.82, 2.24) is 14.5 Å². The summed E-state index contributed by atoms with van der Waals surface area (Å²) in [6.45, 7) is 0.912. The van der Waals surface area contributed by atoms with Crippen LogP contribution in [0, 0.1) is 0 Å². The standard InChI is InChI=1S/C6H10N4O2S/c1-9-6(2-3-7-9)10-5-4-8-13(10,11)12/h2-3,8H,4-5H2,1H3. The Kier molecular flexibility index (Phi) is 1.77. The summed E-state index contributed by atoms with van der Waals surface area (Å²) in [6, 6.07) is 1.67. The Bertz CT molecular complexity index is 410. The second kappa shape index (κ2) is 2.71. The van der Waals surface area contributed by atoms with E-state index in [-0.39, 0.29) is 0 Å². The highest BCUT2D eigenvalue weighted by Gasteiger charge is 2.29. The molecule has 7 heteroatoms. The molecule has 0 unspecified atom stereocenters. The summed E-state index contributed by atoms with van der Waals surface area (Å²) in [5.41, 5.74) is 0. The summed E-state index contributed by atoms with van der Waals surface area (Å²) in [4.78, 5) is 0. The molecule has 1 saturated heterocycles. The van der Waals surface area contributed by atoms with Crippen molar-refractivity contribution < 1.29 is 8.42 Å². The summed E-state index contributed by atoms with van der Waals surface area (Å²) in [5, 5.41) is 3.91. The van der Waals surface area contributed by atoms with E-state index >= 15 is 0 Å². The van der Waals surface area contributed by atoms with Gasteiger partial charge in [-0.25, -0.2) is 4.31 Å². The van der Waals surface area contributed by atoms with E-state index in [1.807, 2.05) is 0 Å². The van der Waals surface area contributed by atoms with E-state index in [2.05, 4.69) is 9.82 Å². The Morgan fingerprint density at radius 3 is 2.85 bits per heavy atom. The van der Waals surface area contributed by atoms with Gasteiger partial charge in [0.05, 0.1) is 12.7 Å². The molecule has 0 bridgehead atoms. The smallest absolute Gasteiger partial charge is 0.252 e. The first-order valence-electron chi connectivity index (χ1n) is 3.86. The molecule has 1 aliphatic heterocycles. The van der Waals surface area contributed by atoms with Crippen molar-refractivity contribution in [2.24, 2.45) is 7.05 Å². The molecule has 2 heterocycles. The minimum atomic E-state index is -3.31. The molecule has 0 aliphatic carbocycles. The van der Waals surface area contributed by atoms with Crippen LogP contribution in [-0.4, -0.2) is 31.3 Å². The molecule has 0 spiro atoms. The fourth-order valence-electron chi connectivity index (χ4n) is 1.32. The molecule has 1 aromatic rings. The van der Waals surface area contributed by atoms with Gasteiger partial charge in [-0.1, -0.05) is 0 Å². The highest BCUT2D eigenvalue weighted by Crippen LogP contribution is 2.17. The Hall–Kier alpha value is -1.08. The summed E-state index contributed by atoms with van der Waals surface area (Å²) >= 11 is 0. The predicted octanol–water partition coefficient (Wildman–Crippen LogP) is -0.925. The molecule has 0 aromatic carbocycles. The van der Waals surface area contributed by atoms with Crippen molar-refractivity contribution in [3.63, 3.8) is 0 Å². The van der Waals surface area contributed by atoms with Gasteiger partial charge in [0.25, 0.3) is 0 Å². The van der Waals surface area contributed by atoms with E-state index in [0.717, 1.165) is 0 Å². The fraction of sp³-hybridized carbons (Fsp3) is 0.500. The van der Waals surface area contributed by atoms with E-state index in [1.54, 1.807) is 19.3 Å². The van der Waals surface area contributed by atoms with E-state index in [0.29, 0.717) is 18.9 Å². The van der Waals surface area contributed by atoms with Crippen LogP contribution in [0.15, 0.2) is 12.3 Å². The lowest BCUT2D eigenvalue weighted by atomic mass is 10.5. The first kappa shape index (κ1) is 8.52. The Balaban J connectivity index is 2.43. The van der Waals surface area contributed by atoms with Crippen LogP contribution in [0.5, 0.6) is 0 Å². The van der Waals surface area contributed by atoms with Gasteiger partial charge < -0.3 is 0 Å². The van der Waals surface area contributed by atoms with Crippen LogP contribution < -0.4 is 9.03 Å². The second-order valence-corrected chi connectivity index (χ2v) is 4.46.